The molecule has 1 atom stereocenters. The Morgan fingerprint density at radius 3 is 2.55 bits per heavy atom. The van der Waals surface area contributed by atoms with Gasteiger partial charge in [0.2, 0.25) is 11.8 Å². The van der Waals surface area contributed by atoms with Gasteiger partial charge in [-0.05, 0) is 48.1 Å². The van der Waals surface area contributed by atoms with Gasteiger partial charge in [0.05, 0.1) is 17.9 Å². The van der Waals surface area contributed by atoms with Gasteiger partial charge in [0.1, 0.15) is 5.75 Å². The van der Waals surface area contributed by atoms with Gasteiger partial charge in [0.15, 0.2) is 4.32 Å². The Morgan fingerprint density at radius 1 is 1.16 bits per heavy atom. The number of thiocarbonyl (C=S) groups is 1. The van der Waals surface area contributed by atoms with Crippen LogP contribution in [0.5, 0.6) is 5.75 Å². The number of hydrogen-bond acceptors (Lipinski definition) is 6. The first kappa shape index (κ1) is 21.1. The number of ether oxygens (including phenoxy) is 1. The molecule has 2 heterocycles. The molecular formula is C22H19N3O4S2. The van der Waals surface area contributed by atoms with Crippen molar-refractivity contribution in [1.82, 2.24) is 10.4 Å². The van der Waals surface area contributed by atoms with E-state index in [2.05, 4.69) is 5.43 Å². The minimum absolute atomic E-state index is 0.0806. The topological polar surface area (TPSA) is 79.0 Å². The fourth-order valence-electron chi connectivity index (χ4n) is 3.36. The first-order chi connectivity index (χ1) is 15.0. The average Bonchev–Trinajstić information content (AvgIpc) is 3.30. The summed E-state index contributed by atoms with van der Waals surface area (Å²) in [6.07, 6.45) is 1.79. The number of hydrazine groups is 1. The monoisotopic (exact) mass is 453 g/mol. The fraction of sp³-hybridized carbons (Fsp3) is 0.182. The first-order valence-corrected chi connectivity index (χ1v) is 10.8. The summed E-state index contributed by atoms with van der Waals surface area (Å²) < 4.78 is 5.37. The number of hydrogen-bond donors (Lipinski definition) is 1. The molecule has 1 N–H and O–H groups in total. The van der Waals surface area contributed by atoms with Gasteiger partial charge >= 0.3 is 0 Å². The lowest BCUT2D eigenvalue weighted by molar-refractivity contribution is -0.135. The molecule has 3 amide bonds. The summed E-state index contributed by atoms with van der Waals surface area (Å²) in [5.74, 6) is -0.788. The number of amides is 3. The lowest BCUT2D eigenvalue weighted by atomic mass is 10.1. The maximum Gasteiger partial charge on any atom is 0.285 e. The fourth-order valence-corrected chi connectivity index (χ4v) is 4.54. The van der Waals surface area contributed by atoms with E-state index in [1.807, 2.05) is 42.5 Å². The van der Waals surface area contributed by atoms with E-state index in [0.717, 1.165) is 28.0 Å². The van der Waals surface area contributed by atoms with Gasteiger partial charge in [-0.1, -0.05) is 42.1 Å². The van der Waals surface area contributed by atoms with Gasteiger partial charge in [-0.15, -0.1) is 0 Å². The van der Waals surface area contributed by atoms with E-state index in [0.29, 0.717) is 10.7 Å². The highest BCUT2D eigenvalue weighted by atomic mass is 32.2. The molecule has 0 aromatic heterocycles. The van der Waals surface area contributed by atoms with E-state index in [-0.39, 0.29) is 23.2 Å². The van der Waals surface area contributed by atoms with E-state index < -0.39 is 17.7 Å². The van der Waals surface area contributed by atoms with Gasteiger partial charge < -0.3 is 9.64 Å². The number of nitrogens with one attached hydrogen (secondary N) is 1. The molecule has 9 heteroatoms. The molecule has 158 valence electrons. The molecule has 0 aliphatic carbocycles. The molecule has 4 rings (SSSR count). The van der Waals surface area contributed by atoms with E-state index >= 15 is 0 Å². The quantitative estimate of drug-likeness (QED) is 0.554. The maximum atomic E-state index is 12.8. The van der Waals surface area contributed by atoms with E-state index in [9.17, 15) is 14.4 Å². The van der Waals surface area contributed by atoms with E-state index in [1.54, 1.807) is 30.2 Å². The molecule has 31 heavy (non-hydrogen) atoms. The molecule has 2 aromatic rings. The number of carbonyl (C=O) groups excluding carboxylic acids is 3. The third-order valence-electron chi connectivity index (χ3n) is 4.99. The smallest absolute Gasteiger partial charge is 0.285 e. The number of anilines is 1. The van der Waals surface area contributed by atoms with Crippen molar-refractivity contribution in [1.29, 1.82) is 0 Å². The van der Waals surface area contributed by atoms with Gasteiger partial charge in [-0.3, -0.25) is 19.8 Å². The molecule has 2 fully saturated rings. The first-order valence-electron chi connectivity index (χ1n) is 9.54. The van der Waals surface area contributed by atoms with Gasteiger partial charge in [-0.2, -0.15) is 5.01 Å². The van der Waals surface area contributed by atoms with Crippen molar-refractivity contribution in [2.75, 3.05) is 18.6 Å². The van der Waals surface area contributed by atoms with Crippen LogP contribution in [0.3, 0.4) is 0 Å². The van der Waals surface area contributed by atoms with Gasteiger partial charge in [0, 0.05) is 18.7 Å². The lowest BCUT2D eigenvalue weighted by Gasteiger charge is -2.19. The molecule has 0 unspecified atom stereocenters. The summed E-state index contributed by atoms with van der Waals surface area (Å²) in [7, 11) is 1.58. The highest BCUT2D eigenvalue weighted by Gasteiger charge is 2.39. The van der Waals surface area contributed by atoms with Crippen LogP contribution in [0.25, 0.3) is 6.08 Å². The Hall–Kier alpha value is -3.17. The zero-order chi connectivity index (χ0) is 22.0. The minimum Gasteiger partial charge on any atom is -0.497 e. The van der Waals surface area contributed by atoms with Gasteiger partial charge in [-0.25, -0.2) is 0 Å². The van der Waals surface area contributed by atoms with Crippen LogP contribution in [0.15, 0.2) is 59.5 Å². The normalized spacial score (nSPS) is 20.0. The molecule has 0 spiro atoms. The van der Waals surface area contributed by atoms with Crippen LogP contribution in [0.4, 0.5) is 5.69 Å². The van der Waals surface area contributed by atoms with Crippen molar-refractivity contribution in [3.8, 4) is 5.75 Å². The van der Waals surface area contributed by atoms with Crippen LogP contribution in [0, 0.1) is 5.92 Å². The number of rotatable bonds is 5. The van der Waals surface area contributed by atoms with Crippen molar-refractivity contribution in [2.45, 2.75) is 6.42 Å². The summed E-state index contributed by atoms with van der Waals surface area (Å²) in [6, 6.07) is 16.4. The molecule has 2 aromatic carbocycles. The van der Waals surface area contributed by atoms with Crippen molar-refractivity contribution >= 4 is 57.8 Å². The van der Waals surface area contributed by atoms with Crippen molar-refractivity contribution < 1.29 is 19.1 Å². The van der Waals surface area contributed by atoms with Crippen LogP contribution in [0.1, 0.15) is 12.0 Å². The highest BCUT2D eigenvalue weighted by Crippen LogP contribution is 2.32. The van der Waals surface area contributed by atoms with Crippen LogP contribution in [-0.2, 0) is 14.4 Å². The Morgan fingerprint density at radius 2 is 1.87 bits per heavy atom. The standard InChI is InChI=1S/C22H19N3O4S2/c1-29-17-9-7-14(8-10-17)11-18-21(28)25(22(30)31-18)23-20(27)15-12-19(26)24(13-15)16-5-3-2-4-6-16/h2-11,15H,12-13H2,1H3,(H,23,27)/b18-11-/t15-/m1/s1. The van der Waals surface area contributed by atoms with E-state index in [4.69, 9.17) is 17.0 Å². The largest absolute Gasteiger partial charge is 0.497 e. The number of carbonyl (C=O) groups is 3. The summed E-state index contributed by atoms with van der Waals surface area (Å²) in [5.41, 5.74) is 4.15. The number of benzene rings is 2. The second kappa shape index (κ2) is 8.91. The highest BCUT2D eigenvalue weighted by molar-refractivity contribution is 8.26. The van der Waals surface area contributed by atoms with Crippen LogP contribution in [-0.4, -0.2) is 40.7 Å². The molecule has 2 aliphatic rings. The summed E-state index contributed by atoms with van der Waals surface area (Å²) in [5, 5.41) is 1.08. The molecule has 2 aliphatic heterocycles. The van der Waals surface area contributed by atoms with Gasteiger partial charge in [0.25, 0.3) is 5.91 Å². The Labute approximate surface area is 189 Å². The van der Waals surface area contributed by atoms with E-state index in [1.165, 1.54) is 0 Å². The number of methoxy groups -OCH3 is 1. The number of nitrogens with zero attached hydrogens (tertiary/aromatic N) is 2. The van der Waals surface area contributed by atoms with Crippen LogP contribution in [0.2, 0.25) is 0 Å². The summed E-state index contributed by atoms with van der Waals surface area (Å²) >= 11 is 6.40. The Balaban J connectivity index is 1.42. The summed E-state index contributed by atoms with van der Waals surface area (Å²) in [6.45, 7) is 0.255. The lowest BCUT2D eigenvalue weighted by Crippen LogP contribution is -2.47. The second-order valence-corrected chi connectivity index (χ2v) is 8.68. The predicted molar refractivity (Wildman–Crippen MR) is 123 cm³/mol. The Kier molecular flexibility index (Phi) is 6.06. The maximum absolute atomic E-state index is 12.8. The van der Waals surface area contributed by atoms with Crippen molar-refractivity contribution in [3.05, 3.63) is 65.1 Å². The number of para-hydroxylation sites is 1. The second-order valence-electron chi connectivity index (χ2n) is 7.01. The van der Waals surface area contributed by atoms with Crippen LogP contribution < -0.4 is 15.1 Å². The molecular weight excluding hydrogens is 434 g/mol. The SMILES string of the molecule is COc1ccc(/C=C2\SC(=S)N(NC(=O)[C@@H]3CC(=O)N(c4ccccc4)C3)C2=O)cc1. The minimum atomic E-state index is -0.567. The third kappa shape index (κ3) is 4.47. The molecule has 2 saturated heterocycles. The zero-order valence-corrected chi connectivity index (χ0v) is 18.2. The van der Waals surface area contributed by atoms with Crippen molar-refractivity contribution in [2.24, 2.45) is 5.92 Å². The predicted octanol–water partition coefficient (Wildman–Crippen LogP) is 2.98. The molecule has 0 bridgehead atoms. The average molecular weight is 454 g/mol. The zero-order valence-electron chi connectivity index (χ0n) is 16.6. The molecule has 0 radical (unpaired) electrons. The summed E-state index contributed by atoms with van der Waals surface area (Å²) in [4.78, 5) is 39.9. The van der Waals surface area contributed by atoms with Crippen LogP contribution >= 0.6 is 24.0 Å². The number of thioether (sulfide) groups is 1. The molecule has 0 saturated carbocycles. The Bertz CT molecular complexity index is 1070. The molecule has 7 nitrogen and oxygen atoms in total. The van der Waals surface area contributed by atoms with Crippen molar-refractivity contribution in [3.63, 3.8) is 0 Å². The third-order valence-corrected chi connectivity index (χ3v) is 6.30.